The number of carbonyl (C=O) groups excluding carboxylic acids is 3. The van der Waals surface area contributed by atoms with Crippen molar-refractivity contribution in [2.24, 2.45) is 11.8 Å². The first kappa shape index (κ1) is 30.4. The van der Waals surface area contributed by atoms with Crippen molar-refractivity contribution in [2.75, 3.05) is 20.3 Å². The molecule has 2 fully saturated rings. The summed E-state index contributed by atoms with van der Waals surface area (Å²) in [6.07, 6.45) is 5.46. The number of rotatable bonds is 16. The van der Waals surface area contributed by atoms with Crippen LogP contribution in [0.4, 0.5) is 0 Å². The molecule has 0 amide bonds. The summed E-state index contributed by atoms with van der Waals surface area (Å²) in [5, 5.41) is 21.2. The van der Waals surface area contributed by atoms with Crippen LogP contribution in [0.2, 0.25) is 0 Å². The lowest BCUT2D eigenvalue weighted by Crippen LogP contribution is -2.50. The molecule has 2 aliphatic rings. The second-order valence-corrected chi connectivity index (χ2v) is 10.2. The fourth-order valence-electron chi connectivity index (χ4n) is 4.62. The minimum absolute atomic E-state index is 0.0768. The number of hydrogen-bond acceptors (Lipinski definition) is 9. The molecule has 0 radical (unpaired) electrons. The molecule has 206 valence electrons. The Morgan fingerprint density at radius 2 is 1.67 bits per heavy atom. The van der Waals surface area contributed by atoms with Crippen molar-refractivity contribution in [1.29, 1.82) is 0 Å². The third kappa shape index (κ3) is 10.3. The summed E-state index contributed by atoms with van der Waals surface area (Å²) < 4.78 is 21.3. The zero-order valence-corrected chi connectivity index (χ0v) is 22.1. The van der Waals surface area contributed by atoms with Gasteiger partial charge < -0.3 is 29.2 Å². The Hall–Kier alpha value is -1.81. The van der Waals surface area contributed by atoms with Gasteiger partial charge in [0, 0.05) is 24.3 Å². The number of ether oxygens (including phenoxy) is 4. The molecular weight excluding hydrogens is 468 g/mol. The zero-order chi connectivity index (χ0) is 26.7. The Balaban J connectivity index is 1.60. The van der Waals surface area contributed by atoms with Gasteiger partial charge in [0.2, 0.25) is 0 Å². The fourth-order valence-corrected chi connectivity index (χ4v) is 4.62. The number of carbonyl (C=O) groups is 3. The quantitative estimate of drug-likeness (QED) is 0.139. The van der Waals surface area contributed by atoms with Gasteiger partial charge in [-0.05, 0) is 39.5 Å². The zero-order valence-electron chi connectivity index (χ0n) is 22.1. The van der Waals surface area contributed by atoms with Crippen LogP contribution in [0.25, 0.3) is 0 Å². The molecule has 2 aliphatic heterocycles. The molecule has 2 heterocycles. The van der Waals surface area contributed by atoms with Crippen molar-refractivity contribution in [2.45, 2.75) is 109 Å². The summed E-state index contributed by atoms with van der Waals surface area (Å²) in [5.41, 5.74) is 0.709. The third-order valence-electron chi connectivity index (χ3n) is 7.16. The van der Waals surface area contributed by atoms with Crippen LogP contribution in [-0.2, 0) is 33.3 Å². The number of epoxide rings is 1. The third-order valence-corrected chi connectivity index (χ3v) is 7.16. The number of methoxy groups -OCH3 is 1. The van der Waals surface area contributed by atoms with Crippen molar-refractivity contribution in [3.05, 3.63) is 11.6 Å². The number of aliphatic hydroxyl groups is 2. The van der Waals surface area contributed by atoms with Gasteiger partial charge in [0.25, 0.3) is 0 Å². The highest BCUT2D eigenvalue weighted by atomic mass is 16.6. The minimum Gasteiger partial charge on any atom is -0.469 e. The molecule has 0 aromatic carbocycles. The molecule has 2 N–H and O–H groups in total. The van der Waals surface area contributed by atoms with Crippen LogP contribution >= 0.6 is 0 Å². The molecule has 0 aliphatic carbocycles. The van der Waals surface area contributed by atoms with Crippen LogP contribution in [0.1, 0.15) is 78.6 Å². The van der Waals surface area contributed by atoms with Gasteiger partial charge >= 0.3 is 11.9 Å². The lowest BCUT2D eigenvalue weighted by Gasteiger charge is -2.37. The van der Waals surface area contributed by atoms with Gasteiger partial charge in [0.1, 0.15) is 11.9 Å². The van der Waals surface area contributed by atoms with E-state index in [1.54, 1.807) is 13.8 Å². The summed E-state index contributed by atoms with van der Waals surface area (Å²) >= 11 is 0. The number of hydrogen-bond donors (Lipinski definition) is 2. The predicted molar refractivity (Wildman–Crippen MR) is 132 cm³/mol. The van der Waals surface area contributed by atoms with Crippen molar-refractivity contribution in [3.8, 4) is 0 Å². The van der Waals surface area contributed by atoms with E-state index in [2.05, 4.69) is 4.74 Å². The van der Waals surface area contributed by atoms with E-state index in [1.807, 2.05) is 6.92 Å². The van der Waals surface area contributed by atoms with Crippen molar-refractivity contribution in [1.82, 2.24) is 0 Å². The number of esters is 2. The molecule has 7 atom stereocenters. The average Bonchev–Trinajstić information content (AvgIpc) is 3.60. The second kappa shape index (κ2) is 15.4. The molecule has 0 aromatic heterocycles. The lowest BCUT2D eigenvalue weighted by atomic mass is 9.85. The molecule has 2 saturated heterocycles. The minimum atomic E-state index is -1.07. The first-order valence-electron chi connectivity index (χ1n) is 13.2. The van der Waals surface area contributed by atoms with Crippen LogP contribution in [0.15, 0.2) is 11.6 Å². The van der Waals surface area contributed by atoms with Crippen molar-refractivity contribution in [3.63, 3.8) is 0 Å². The molecule has 2 rings (SSSR count). The highest BCUT2D eigenvalue weighted by Crippen LogP contribution is 2.37. The van der Waals surface area contributed by atoms with Gasteiger partial charge in [-0.1, -0.05) is 38.2 Å². The van der Waals surface area contributed by atoms with Crippen molar-refractivity contribution < 1.29 is 43.5 Å². The normalized spacial score (nSPS) is 28.9. The van der Waals surface area contributed by atoms with Crippen LogP contribution in [0.3, 0.4) is 0 Å². The van der Waals surface area contributed by atoms with Gasteiger partial charge in [0.15, 0.2) is 0 Å². The van der Waals surface area contributed by atoms with Gasteiger partial charge in [-0.25, -0.2) is 4.79 Å². The molecule has 0 saturated carbocycles. The van der Waals surface area contributed by atoms with Gasteiger partial charge in [-0.15, -0.1) is 0 Å². The molecule has 9 nitrogen and oxygen atoms in total. The Labute approximate surface area is 214 Å². The highest BCUT2D eigenvalue weighted by molar-refractivity contribution is 5.82. The summed E-state index contributed by atoms with van der Waals surface area (Å²) in [5.74, 6) is -0.967. The molecule has 0 bridgehead atoms. The Morgan fingerprint density at radius 1 is 1.00 bits per heavy atom. The number of ketones is 1. The van der Waals surface area contributed by atoms with E-state index in [0.717, 1.165) is 38.5 Å². The van der Waals surface area contributed by atoms with Crippen molar-refractivity contribution >= 4 is 17.7 Å². The van der Waals surface area contributed by atoms with Gasteiger partial charge in [0.05, 0.1) is 44.7 Å². The molecule has 36 heavy (non-hydrogen) atoms. The standard InChI is InChI=1S/C27H44O9/c1-17(14-24(30)34-12-10-8-6-5-7-9-11-23(29)33-4)13-21-26(32)25(31)20(16-35-21)15-22-27(36-22)18(2)19(3)28/h14,18,20-22,25-27,31-32H,5-13,15-16H2,1-4H3/b17-14+/t18-,20-,21-,22-,25+,26-,27-/m0/s1. The van der Waals surface area contributed by atoms with E-state index in [-0.39, 0.29) is 42.4 Å². The molecule has 0 aromatic rings. The molecular formula is C27H44O9. The van der Waals surface area contributed by atoms with Crippen LogP contribution in [0.5, 0.6) is 0 Å². The maximum atomic E-state index is 12.1. The molecule has 0 spiro atoms. The smallest absolute Gasteiger partial charge is 0.330 e. The van der Waals surface area contributed by atoms with E-state index in [9.17, 15) is 24.6 Å². The summed E-state index contributed by atoms with van der Waals surface area (Å²) in [6.45, 7) is 5.78. The highest BCUT2D eigenvalue weighted by Gasteiger charge is 2.48. The number of aliphatic hydroxyl groups excluding tert-OH is 2. The lowest BCUT2D eigenvalue weighted by molar-refractivity contribution is -0.165. The number of unbranched alkanes of at least 4 members (excludes halogenated alkanes) is 5. The summed E-state index contributed by atoms with van der Waals surface area (Å²) in [4.78, 5) is 34.6. The van der Waals surface area contributed by atoms with Crippen LogP contribution in [0, 0.1) is 11.8 Å². The monoisotopic (exact) mass is 512 g/mol. The van der Waals surface area contributed by atoms with E-state index < -0.39 is 24.3 Å². The Bertz CT molecular complexity index is 750. The van der Waals surface area contributed by atoms with Gasteiger partial charge in [-0.3, -0.25) is 9.59 Å². The Kier molecular flexibility index (Phi) is 13.0. The Morgan fingerprint density at radius 3 is 2.33 bits per heavy atom. The first-order valence-corrected chi connectivity index (χ1v) is 13.2. The summed E-state index contributed by atoms with van der Waals surface area (Å²) in [7, 11) is 1.40. The fraction of sp³-hybridized carbons (Fsp3) is 0.815. The SMILES string of the molecule is COC(=O)CCCCCCCCOC(=O)/C=C(\C)C[C@@H]1OC[C@H](C[C@@H]2O[C@H]2[C@@H](C)C(C)=O)[C@@H](O)[C@H]1O. The molecule has 9 heteroatoms. The first-order chi connectivity index (χ1) is 17.1. The summed E-state index contributed by atoms with van der Waals surface area (Å²) in [6, 6.07) is 0. The molecule has 0 unspecified atom stereocenters. The maximum absolute atomic E-state index is 12.1. The number of Topliss-reactive ketones (excluding diaryl/α,β-unsaturated/α-hetero) is 1. The van der Waals surface area contributed by atoms with E-state index in [1.165, 1.54) is 13.2 Å². The van der Waals surface area contributed by atoms with E-state index in [0.29, 0.717) is 31.4 Å². The van der Waals surface area contributed by atoms with E-state index >= 15 is 0 Å². The maximum Gasteiger partial charge on any atom is 0.330 e. The largest absolute Gasteiger partial charge is 0.469 e. The van der Waals surface area contributed by atoms with E-state index in [4.69, 9.17) is 14.2 Å². The van der Waals surface area contributed by atoms with Crippen LogP contribution < -0.4 is 0 Å². The predicted octanol–water partition coefficient (Wildman–Crippen LogP) is 2.89. The van der Waals surface area contributed by atoms with Gasteiger partial charge in [-0.2, -0.15) is 0 Å². The topological polar surface area (TPSA) is 132 Å². The average molecular weight is 513 g/mol. The second-order valence-electron chi connectivity index (χ2n) is 10.2. The van der Waals surface area contributed by atoms with Crippen LogP contribution in [-0.4, -0.2) is 78.8 Å².